The first-order valence-corrected chi connectivity index (χ1v) is 11.1. The summed E-state index contributed by atoms with van der Waals surface area (Å²) in [5.74, 6) is -0.782. The average Bonchev–Trinajstić information content (AvgIpc) is 2.90. The summed E-state index contributed by atoms with van der Waals surface area (Å²) in [4.78, 5) is 37.7. The lowest BCUT2D eigenvalue weighted by atomic mass is 9.96. The zero-order valence-corrected chi connectivity index (χ0v) is 21.0. The Morgan fingerprint density at radius 2 is 1.14 bits per heavy atom. The lowest BCUT2D eigenvalue weighted by molar-refractivity contribution is -0.137. The number of ether oxygens (including phenoxy) is 5. The molecule has 0 aliphatic carbocycles. The molecule has 2 aromatic carbocycles. The smallest absolute Gasteiger partial charge is 0.330 e. The maximum absolute atomic E-state index is 13.0. The fourth-order valence-corrected chi connectivity index (χ4v) is 3.17. The number of benzene rings is 2. The quantitative estimate of drug-likeness (QED) is 0.231. The van der Waals surface area contributed by atoms with E-state index in [0.717, 1.165) is 6.08 Å². The first kappa shape index (κ1) is 27.9. The van der Waals surface area contributed by atoms with E-state index < -0.39 is 23.5 Å². The van der Waals surface area contributed by atoms with E-state index in [2.05, 4.69) is 0 Å². The molecule has 0 radical (unpaired) electrons. The fraction of sp³-hybridized carbons (Fsp3) is 0.250. The van der Waals surface area contributed by atoms with Crippen LogP contribution in [0.3, 0.4) is 0 Å². The predicted molar refractivity (Wildman–Crippen MR) is 136 cm³/mol. The van der Waals surface area contributed by atoms with E-state index in [4.69, 9.17) is 23.7 Å². The molecule has 0 saturated heterocycles. The average molecular weight is 495 g/mol. The summed E-state index contributed by atoms with van der Waals surface area (Å²) in [5.41, 5.74) is 1.34. The van der Waals surface area contributed by atoms with Crippen molar-refractivity contribution in [3.63, 3.8) is 0 Å². The fourth-order valence-electron chi connectivity index (χ4n) is 3.17. The third-order valence-corrected chi connectivity index (χ3v) is 5.02. The molecule has 0 aliphatic rings. The highest BCUT2D eigenvalue weighted by atomic mass is 16.5. The van der Waals surface area contributed by atoms with Crippen LogP contribution in [0.5, 0.6) is 23.0 Å². The van der Waals surface area contributed by atoms with E-state index in [1.807, 2.05) is 0 Å². The molecule has 8 heteroatoms. The Morgan fingerprint density at radius 1 is 0.694 bits per heavy atom. The number of hydrogen-bond donors (Lipinski definition) is 0. The van der Waals surface area contributed by atoms with E-state index >= 15 is 0 Å². The molecular weight excluding hydrogens is 464 g/mol. The molecule has 0 N–H and O–H groups in total. The Hall–Kier alpha value is -4.33. The summed E-state index contributed by atoms with van der Waals surface area (Å²) in [7, 11) is 6.07. The van der Waals surface area contributed by atoms with Gasteiger partial charge in [-0.15, -0.1) is 0 Å². The molecule has 0 fully saturated rings. The minimum atomic E-state index is -1.22. The van der Waals surface area contributed by atoms with Crippen molar-refractivity contribution in [2.24, 2.45) is 5.92 Å². The SMILES string of the molecule is CCOC(=O)/C=C/C(C(=O)/C=C/c1ccc(OC)c(OC)c1)C(=O)/C=C/c1ccc(OC)c(OC)c1. The minimum absolute atomic E-state index is 0.175. The van der Waals surface area contributed by atoms with Crippen LogP contribution in [0.1, 0.15) is 18.1 Å². The van der Waals surface area contributed by atoms with E-state index in [1.165, 1.54) is 46.7 Å². The number of methoxy groups -OCH3 is 4. The summed E-state index contributed by atoms with van der Waals surface area (Å²) < 4.78 is 25.9. The number of hydrogen-bond acceptors (Lipinski definition) is 8. The maximum Gasteiger partial charge on any atom is 0.330 e. The van der Waals surface area contributed by atoms with Gasteiger partial charge in [0.1, 0.15) is 5.92 Å². The van der Waals surface area contributed by atoms with E-state index in [1.54, 1.807) is 55.5 Å². The predicted octanol–water partition coefficient (Wildman–Crippen LogP) is 4.32. The van der Waals surface area contributed by atoms with Gasteiger partial charge in [-0.05, 0) is 54.5 Å². The van der Waals surface area contributed by atoms with Gasteiger partial charge >= 0.3 is 5.97 Å². The molecule has 0 atom stereocenters. The van der Waals surface area contributed by atoms with Crippen LogP contribution in [0, 0.1) is 5.92 Å². The highest BCUT2D eigenvalue weighted by Crippen LogP contribution is 2.29. The molecule has 0 heterocycles. The van der Waals surface area contributed by atoms with Crippen LogP contribution in [-0.4, -0.2) is 52.6 Å². The van der Waals surface area contributed by atoms with Crippen LogP contribution in [0.2, 0.25) is 0 Å². The van der Waals surface area contributed by atoms with Crippen LogP contribution in [-0.2, 0) is 19.1 Å². The van der Waals surface area contributed by atoms with Gasteiger partial charge in [-0.25, -0.2) is 4.79 Å². The number of carbonyl (C=O) groups is 3. The van der Waals surface area contributed by atoms with Crippen molar-refractivity contribution in [1.82, 2.24) is 0 Å². The van der Waals surface area contributed by atoms with Crippen LogP contribution >= 0.6 is 0 Å². The van der Waals surface area contributed by atoms with Crippen molar-refractivity contribution in [3.8, 4) is 23.0 Å². The van der Waals surface area contributed by atoms with Crippen molar-refractivity contribution < 1.29 is 38.1 Å². The van der Waals surface area contributed by atoms with Crippen LogP contribution < -0.4 is 18.9 Å². The zero-order valence-electron chi connectivity index (χ0n) is 21.0. The highest BCUT2D eigenvalue weighted by molar-refractivity contribution is 6.15. The third-order valence-electron chi connectivity index (χ3n) is 5.02. The number of rotatable bonds is 13. The van der Waals surface area contributed by atoms with Crippen molar-refractivity contribution in [1.29, 1.82) is 0 Å². The van der Waals surface area contributed by atoms with E-state index in [-0.39, 0.29) is 6.61 Å². The standard InChI is InChI=1S/C28H30O8/c1-6-36-28(31)16-11-21(22(29)12-7-19-9-14-24(32-2)26(17-19)34-4)23(30)13-8-20-10-15-25(33-3)27(18-20)35-5/h7-18,21H,6H2,1-5H3/b12-7+,13-8+,16-11+. The molecule has 0 amide bonds. The van der Waals surface area contributed by atoms with Gasteiger partial charge in [0, 0.05) is 6.08 Å². The molecule has 0 aliphatic heterocycles. The molecule has 0 unspecified atom stereocenters. The minimum Gasteiger partial charge on any atom is -0.493 e. The Morgan fingerprint density at radius 3 is 1.53 bits per heavy atom. The number of ketones is 2. The summed E-state index contributed by atoms with van der Waals surface area (Å²) in [6.07, 6.45) is 7.99. The van der Waals surface area contributed by atoms with Gasteiger partial charge in [0.2, 0.25) is 0 Å². The van der Waals surface area contributed by atoms with Crippen LogP contribution in [0.4, 0.5) is 0 Å². The number of esters is 1. The molecule has 0 aromatic heterocycles. The first-order valence-electron chi connectivity index (χ1n) is 11.1. The topological polar surface area (TPSA) is 97.4 Å². The van der Waals surface area contributed by atoms with Gasteiger partial charge in [-0.2, -0.15) is 0 Å². The van der Waals surface area contributed by atoms with Crippen LogP contribution in [0.15, 0.2) is 60.7 Å². The summed E-state index contributed by atoms with van der Waals surface area (Å²) >= 11 is 0. The molecule has 36 heavy (non-hydrogen) atoms. The number of allylic oxidation sites excluding steroid dienone is 3. The molecule has 0 spiro atoms. The normalized spacial score (nSPS) is 11.3. The first-order chi connectivity index (χ1) is 17.4. The molecular formula is C28H30O8. The van der Waals surface area contributed by atoms with Gasteiger partial charge < -0.3 is 23.7 Å². The van der Waals surface area contributed by atoms with Gasteiger partial charge in [-0.3, -0.25) is 9.59 Å². The number of carbonyl (C=O) groups excluding carboxylic acids is 3. The second-order valence-corrected chi connectivity index (χ2v) is 7.29. The summed E-state index contributed by atoms with van der Waals surface area (Å²) in [5, 5.41) is 0. The van der Waals surface area contributed by atoms with Gasteiger partial charge in [-0.1, -0.05) is 30.4 Å². The van der Waals surface area contributed by atoms with E-state index in [9.17, 15) is 14.4 Å². The zero-order chi connectivity index (χ0) is 26.5. The summed E-state index contributed by atoms with van der Waals surface area (Å²) in [6, 6.07) is 10.3. The molecule has 8 nitrogen and oxygen atoms in total. The van der Waals surface area contributed by atoms with Crippen molar-refractivity contribution in [3.05, 3.63) is 71.8 Å². The van der Waals surface area contributed by atoms with Gasteiger partial charge in [0.05, 0.1) is 35.0 Å². The molecule has 190 valence electrons. The maximum atomic E-state index is 13.0. The monoisotopic (exact) mass is 494 g/mol. The Labute approximate surface area is 210 Å². The molecule has 0 saturated carbocycles. The second-order valence-electron chi connectivity index (χ2n) is 7.29. The van der Waals surface area contributed by atoms with Crippen molar-refractivity contribution in [2.75, 3.05) is 35.0 Å². The van der Waals surface area contributed by atoms with E-state index in [0.29, 0.717) is 34.1 Å². The lowest BCUT2D eigenvalue weighted by Crippen LogP contribution is -2.19. The molecule has 2 aromatic rings. The van der Waals surface area contributed by atoms with Crippen molar-refractivity contribution >= 4 is 29.7 Å². The van der Waals surface area contributed by atoms with Crippen LogP contribution in [0.25, 0.3) is 12.2 Å². The lowest BCUT2D eigenvalue weighted by Gasteiger charge is -2.09. The van der Waals surface area contributed by atoms with Gasteiger partial charge in [0.25, 0.3) is 0 Å². The van der Waals surface area contributed by atoms with Crippen molar-refractivity contribution in [2.45, 2.75) is 6.92 Å². The molecule has 2 rings (SSSR count). The third kappa shape index (κ3) is 7.87. The Balaban J connectivity index is 2.29. The summed E-state index contributed by atoms with van der Waals surface area (Å²) in [6.45, 7) is 1.84. The molecule has 0 bridgehead atoms. The van der Waals surface area contributed by atoms with Gasteiger partial charge in [0.15, 0.2) is 34.6 Å². The Bertz CT molecular complexity index is 1080. The highest BCUT2D eigenvalue weighted by Gasteiger charge is 2.20. The Kier molecular flexibility index (Phi) is 11.0. The largest absolute Gasteiger partial charge is 0.493 e. The second kappa shape index (κ2) is 14.2.